The summed E-state index contributed by atoms with van der Waals surface area (Å²) in [5.74, 6) is -1.83. The van der Waals surface area contributed by atoms with E-state index in [0.29, 0.717) is 0 Å². The number of ether oxygens (including phenoxy) is 1. The van der Waals surface area contributed by atoms with E-state index in [4.69, 9.17) is 4.74 Å². The van der Waals surface area contributed by atoms with Crippen molar-refractivity contribution >= 4 is 31.4 Å². The van der Waals surface area contributed by atoms with Crippen LogP contribution in [-0.2, 0) is 24.5 Å². The van der Waals surface area contributed by atoms with Gasteiger partial charge in [0.25, 0.3) is 0 Å². The number of benzene rings is 1. The van der Waals surface area contributed by atoms with E-state index in [2.05, 4.69) is 5.32 Å². The molecule has 3 amide bonds. The lowest BCUT2D eigenvalue weighted by Gasteiger charge is -2.42. The smallest absolute Gasteiger partial charge is 0.328 e. The molecule has 0 aliphatic heterocycles. The average Bonchev–Trinajstić information content (AvgIpc) is 2.76. The molecule has 35 heavy (non-hydrogen) atoms. The summed E-state index contributed by atoms with van der Waals surface area (Å²) in [5, 5.41) is 2.92. The molecule has 0 heterocycles. The Kier molecular flexibility index (Phi) is 10.1. The van der Waals surface area contributed by atoms with Crippen molar-refractivity contribution in [2.45, 2.75) is 72.0 Å². The van der Waals surface area contributed by atoms with Crippen LogP contribution in [-0.4, -0.2) is 80.6 Å². The van der Waals surface area contributed by atoms with Crippen molar-refractivity contribution in [2.24, 2.45) is 11.3 Å². The van der Waals surface area contributed by atoms with Gasteiger partial charge in [0.05, 0.1) is 7.11 Å². The number of hydrogen-bond acceptors (Lipinski definition) is 5. The van der Waals surface area contributed by atoms with Gasteiger partial charge in [-0.15, -0.1) is 0 Å². The Bertz CT molecular complexity index is 911. The zero-order valence-electron chi connectivity index (χ0n) is 23.1. The van der Waals surface area contributed by atoms with Crippen LogP contribution >= 0.6 is 0 Å². The van der Waals surface area contributed by atoms with Crippen LogP contribution in [0.5, 0.6) is 0 Å². The molecule has 9 heteroatoms. The number of rotatable bonds is 9. The molecule has 0 bridgehead atoms. The average molecular weight is 487 g/mol. The second-order valence-electron chi connectivity index (χ2n) is 11.1. The zero-order chi connectivity index (χ0) is 27.3. The summed E-state index contributed by atoms with van der Waals surface area (Å²) in [4.78, 5) is 55.0. The Balaban J connectivity index is 3.45. The molecule has 194 valence electrons. The standard InChI is InChI=1S/C26H42BN3O5/c1-16(2)18(23(33)35-10)29(8)22(32)19(25(3,4)5)28-21(31)20(30(9)24(27)34)26(6,7)17-14-12-11-13-15-17/h11-16,18-20H,27H2,1-10H3,(H,28,31)/t18-,19+,20+/m0/s1. The molecular formula is C26H42BN3O5. The maximum Gasteiger partial charge on any atom is 0.328 e. The third-order valence-electron chi connectivity index (χ3n) is 6.57. The third kappa shape index (κ3) is 7.09. The Labute approximate surface area is 211 Å². The van der Waals surface area contributed by atoms with E-state index in [9.17, 15) is 19.2 Å². The number of hydrogen-bond donors (Lipinski definition) is 1. The first-order valence-electron chi connectivity index (χ1n) is 11.9. The summed E-state index contributed by atoms with van der Waals surface area (Å²) in [5.41, 5.74) is -0.542. The lowest BCUT2D eigenvalue weighted by atomic mass is 9.75. The Morgan fingerprint density at radius 1 is 0.943 bits per heavy atom. The van der Waals surface area contributed by atoms with Crippen molar-refractivity contribution in [2.75, 3.05) is 21.2 Å². The first-order valence-corrected chi connectivity index (χ1v) is 11.9. The van der Waals surface area contributed by atoms with Crippen LogP contribution in [0.15, 0.2) is 30.3 Å². The summed E-state index contributed by atoms with van der Waals surface area (Å²) in [6.45, 7) is 13.0. The molecule has 0 aliphatic carbocycles. The highest BCUT2D eigenvalue weighted by Gasteiger charge is 2.45. The fourth-order valence-corrected chi connectivity index (χ4v) is 4.40. The zero-order valence-corrected chi connectivity index (χ0v) is 23.1. The first kappa shape index (κ1) is 30.2. The molecule has 1 rings (SSSR count). The monoisotopic (exact) mass is 487 g/mol. The Morgan fingerprint density at radius 2 is 1.46 bits per heavy atom. The Hall–Kier alpha value is -2.84. The Morgan fingerprint density at radius 3 is 1.86 bits per heavy atom. The number of nitrogens with one attached hydrogen (secondary N) is 1. The normalized spacial score (nSPS) is 14.5. The van der Waals surface area contributed by atoms with Crippen LogP contribution in [0, 0.1) is 11.3 Å². The number of amides is 3. The molecule has 1 aromatic carbocycles. The van der Waals surface area contributed by atoms with Crippen LogP contribution in [0.1, 0.15) is 54.0 Å². The SMILES string of the molecule is BC(=O)N(C)[C@H](C(=O)N[C@H](C(=O)N(C)[C@H](C(=O)OC)C(C)C)C(C)(C)C)C(C)(C)c1ccccc1. The lowest BCUT2D eigenvalue weighted by Crippen LogP contribution is -2.63. The summed E-state index contributed by atoms with van der Waals surface area (Å²) in [7, 11) is 5.82. The van der Waals surface area contributed by atoms with Crippen LogP contribution in [0.25, 0.3) is 0 Å². The van der Waals surface area contributed by atoms with Gasteiger partial charge in [0.1, 0.15) is 18.1 Å². The predicted octanol–water partition coefficient (Wildman–Crippen LogP) is 2.20. The van der Waals surface area contributed by atoms with Crippen LogP contribution in [0.3, 0.4) is 0 Å². The highest BCUT2D eigenvalue weighted by atomic mass is 16.5. The summed E-state index contributed by atoms with van der Waals surface area (Å²) >= 11 is 0. The summed E-state index contributed by atoms with van der Waals surface area (Å²) < 4.78 is 4.92. The molecular weight excluding hydrogens is 445 g/mol. The predicted molar refractivity (Wildman–Crippen MR) is 140 cm³/mol. The van der Waals surface area contributed by atoms with Gasteiger partial charge in [0.15, 0.2) is 5.81 Å². The van der Waals surface area contributed by atoms with Gasteiger partial charge >= 0.3 is 5.97 Å². The van der Waals surface area contributed by atoms with Gasteiger partial charge in [0.2, 0.25) is 19.7 Å². The molecule has 8 nitrogen and oxygen atoms in total. The van der Waals surface area contributed by atoms with Gasteiger partial charge in [-0.05, 0) is 16.9 Å². The van der Waals surface area contributed by atoms with Crippen molar-refractivity contribution in [1.82, 2.24) is 15.1 Å². The van der Waals surface area contributed by atoms with E-state index in [1.54, 1.807) is 14.1 Å². The molecule has 1 N–H and O–H groups in total. The van der Waals surface area contributed by atoms with Gasteiger partial charge < -0.3 is 19.9 Å². The van der Waals surface area contributed by atoms with Crippen molar-refractivity contribution in [3.63, 3.8) is 0 Å². The van der Waals surface area contributed by atoms with E-state index in [1.807, 2.05) is 78.8 Å². The highest BCUT2D eigenvalue weighted by Crippen LogP contribution is 2.31. The maximum atomic E-state index is 13.8. The quantitative estimate of drug-likeness (QED) is 0.426. The van der Waals surface area contributed by atoms with Gasteiger partial charge in [-0.3, -0.25) is 14.4 Å². The minimum absolute atomic E-state index is 0.193. The van der Waals surface area contributed by atoms with Gasteiger partial charge in [-0.2, -0.15) is 0 Å². The maximum absolute atomic E-state index is 13.8. The highest BCUT2D eigenvalue weighted by molar-refractivity contribution is 6.57. The fraction of sp³-hybridized carbons (Fsp3) is 0.615. The van der Waals surface area contributed by atoms with Crippen LogP contribution < -0.4 is 5.32 Å². The molecule has 0 aliphatic rings. The van der Waals surface area contributed by atoms with E-state index < -0.39 is 46.7 Å². The van der Waals surface area contributed by atoms with E-state index >= 15 is 0 Å². The number of nitrogens with zero attached hydrogens (tertiary/aromatic N) is 2. The largest absolute Gasteiger partial charge is 0.467 e. The lowest BCUT2D eigenvalue weighted by molar-refractivity contribution is -0.155. The molecule has 0 radical (unpaired) electrons. The van der Waals surface area contributed by atoms with Gasteiger partial charge in [0, 0.05) is 19.5 Å². The number of carbonyl (C=O) groups excluding carboxylic acids is 4. The fourth-order valence-electron chi connectivity index (χ4n) is 4.40. The van der Waals surface area contributed by atoms with Crippen molar-refractivity contribution < 1.29 is 23.9 Å². The van der Waals surface area contributed by atoms with Crippen molar-refractivity contribution in [3.05, 3.63) is 35.9 Å². The van der Waals surface area contributed by atoms with E-state index in [0.717, 1.165) is 5.56 Å². The number of likely N-dealkylation sites (N-methyl/N-ethyl adjacent to an activating group) is 2. The van der Waals surface area contributed by atoms with E-state index in [-0.39, 0.29) is 11.7 Å². The van der Waals surface area contributed by atoms with Crippen molar-refractivity contribution in [1.29, 1.82) is 0 Å². The van der Waals surface area contributed by atoms with Crippen LogP contribution in [0.2, 0.25) is 0 Å². The molecule has 0 spiro atoms. The second-order valence-corrected chi connectivity index (χ2v) is 11.1. The topological polar surface area (TPSA) is 96.0 Å². The van der Waals surface area contributed by atoms with Crippen LogP contribution in [0.4, 0.5) is 4.79 Å². The van der Waals surface area contributed by atoms with E-state index in [1.165, 1.54) is 24.8 Å². The molecule has 0 aromatic heterocycles. The second kappa shape index (κ2) is 11.7. The molecule has 1 aromatic rings. The molecule has 0 unspecified atom stereocenters. The molecule has 3 atom stereocenters. The minimum atomic E-state index is -0.944. The van der Waals surface area contributed by atoms with Gasteiger partial charge in [-0.1, -0.05) is 78.8 Å². The molecule has 0 saturated carbocycles. The molecule has 0 fully saturated rings. The third-order valence-corrected chi connectivity index (χ3v) is 6.57. The summed E-state index contributed by atoms with van der Waals surface area (Å²) in [6.07, 6.45) is 0. The van der Waals surface area contributed by atoms with Crippen molar-refractivity contribution in [3.8, 4) is 0 Å². The minimum Gasteiger partial charge on any atom is -0.467 e. The number of methoxy groups -OCH3 is 1. The van der Waals surface area contributed by atoms with Gasteiger partial charge in [-0.25, -0.2) is 4.79 Å². The first-order chi connectivity index (χ1) is 16.0. The molecule has 0 saturated heterocycles. The summed E-state index contributed by atoms with van der Waals surface area (Å²) in [6, 6.07) is 6.86. The number of esters is 1. The number of carbonyl (C=O) groups is 4.